The summed E-state index contributed by atoms with van der Waals surface area (Å²) in [5.74, 6) is 5.98. The zero-order valence-corrected chi connectivity index (χ0v) is 9.50. The molecular formula is C12H15N5. The van der Waals surface area contributed by atoms with Crippen molar-refractivity contribution in [3.8, 4) is 0 Å². The topological polar surface area (TPSA) is 67.1 Å². The largest absolute Gasteiger partial charge is 0.313 e. The van der Waals surface area contributed by atoms with Crippen LogP contribution in [0.5, 0.6) is 0 Å². The first-order chi connectivity index (χ1) is 8.34. The smallest absolute Gasteiger partial charge is 0.0890 e. The Kier molecular flexibility index (Phi) is 2.72. The van der Waals surface area contributed by atoms with Crippen LogP contribution in [0.3, 0.4) is 0 Å². The molecule has 3 rings (SSSR count). The second-order valence-electron chi connectivity index (χ2n) is 4.24. The fraction of sp³-hybridized carbons (Fsp3) is 0.333. The van der Waals surface area contributed by atoms with Crippen LogP contribution in [-0.4, -0.2) is 34.6 Å². The molecule has 0 saturated carbocycles. The first-order valence-corrected chi connectivity index (χ1v) is 5.78. The molecule has 0 aliphatic carbocycles. The second kappa shape index (κ2) is 4.37. The van der Waals surface area contributed by atoms with E-state index in [0.717, 1.165) is 36.4 Å². The molecule has 17 heavy (non-hydrogen) atoms. The lowest BCUT2D eigenvalue weighted by Crippen LogP contribution is -2.49. The van der Waals surface area contributed by atoms with E-state index in [-0.39, 0.29) is 6.04 Å². The van der Waals surface area contributed by atoms with Gasteiger partial charge in [0.15, 0.2) is 0 Å². The first kappa shape index (κ1) is 10.6. The van der Waals surface area contributed by atoms with Crippen LogP contribution in [0.4, 0.5) is 0 Å². The van der Waals surface area contributed by atoms with E-state index in [0.29, 0.717) is 0 Å². The number of hydrogen-bond acceptors (Lipinski definition) is 5. The highest BCUT2D eigenvalue weighted by Gasteiger charge is 2.22. The summed E-state index contributed by atoms with van der Waals surface area (Å²) in [5, 5.41) is 5.15. The van der Waals surface area contributed by atoms with Crippen LogP contribution in [0, 0.1) is 0 Å². The van der Waals surface area contributed by atoms with Crippen LogP contribution in [0.15, 0.2) is 30.5 Å². The molecule has 88 valence electrons. The van der Waals surface area contributed by atoms with Crippen LogP contribution in [-0.2, 0) is 0 Å². The number of nitrogens with zero attached hydrogens (tertiary/aromatic N) is 3. The molecule has 0 spiro atoms. The zero-order chi connectivity index (χ0) is 11.7. The average molecular weight is 229 g/mol. The lowest BCUT2D eigenvalue weighted by atomic mass is 10.1. The van der Waals surface area contributed by atoms with Crippen LogP contribution < -0.4 is 11.2 Å². The van der Waals surface area contributed by atoms with Gasteiger partial charge in [-0.1, -0.05) is 12.1 Å². The summed E-state index contributed by atoms with van der Waals surface area (Å²) in [7, 11) is 0. The van der Waals surface area contributed by atoms with E-state index in [9.17, 15) is 0 Å². The number of nitrogens with one attached hydrogen (secondary N) is 1. The van der Waals surface area contributed by atoms with Crippen molar-refractivity contribution in [3.05, 3.63) is 36.2 Å². The number of hydrazine groups is 1. The summed E-state index contributed by atoms with van der Waals surface area (Å²) in [4.78, 5) is 9.04. The molecule has 1 aromatic carbocycles. The van der Waals surface area contributed by atoms with E-state index >= 15 is 0 Å². The molecule has 5 nitrogen and oxygen atoms in total. The second-order valence-corrected chi connectivity index (χ2v) is 4.24. The van der Waals surface area contributed by atoms with E-state index in [1.165, 1.54) is 0 Å². The van der Waals surface area contributed by atoms with Gasteiger partial charge in [0.2, 0.25) is 0 Å². The van der Waals surface area contributed by atoms with Crippen molar-refractivity contribution < 1.29 is 0 Å². The predicted molar refractivity (Wildman–Crippen MR) is 66.0 cm³/mol. The Morgan fingerprint density at radius 3 is 2.94 bits per heavy atom. The maximum atomic E-state index is 5.98. The molecule has 0 bridgehead atoms. The summed E-state index contributed by atoms with van der Waals surface area (Å²) < 4.78 is 0. The fourth-order valence-corrected chi connectivity index (χ4v) is 2.13. The Hall–Kier alpha value is -1.56. The summed E-state index contributed by atoms with van der Waals surface area (Å²) >= 11 is 0. The van der Waals surface area contributed by atoms with Crippen LogP contribution >= 0.6 is 0 Å². The van der Waals surface area contributed by atoms with Crippen molar-refractivity contribution in [1.82, 2.24) is 20.3 Å². The third-order valence-electron chi connectivity index (χ3n) is 3.09. The molecule has 2 aromatic rings. The van der Waals surface area contributed by atoms with Gasteiger partial charge in [-0.3, -0.25) is 10.8 Å². The zero-order valence-electron chi connectivity index (χ0n) is 9.50. The highest BCUT2D eigenvalue weighted by molar-refractivity contribution is 5.73. The Morgan fingerprint density at radius 2 is 2.12 bits per heavy atom. The van der Waals surface area contributed by atoms with Gasteiger partial charge < -0.3 is 5.32 Å². The van der Waals surface area contributed by atoms with Crippen LogP contribution in [0.25, 0.3) is 11.0 Å². The molecule has 1 aromatic heterocycles. The number of fused-ring (bicyclic) bond motifs is 1. The average Bonchev–Trinajstić information content (AvgIpc) is 2.39. The van der Waals surface area contributed by atoms with E-state index in [4.69, 9.17) is 5.84 Å². The van der Waals surface area contributed by atoms with Gasteiger partial charge in [-0.15, -0.1) is 0 Å². The van der Waals surface area contributed by atoms with Crippen molar-refractivity contribution in [1.29, 1.82) is 0 Å². The molecule has 0 amide bonds. The molecule has 0 radical (unpaired) electrons. The van der Waals surface area contributed by atoms with Gasteiger partial charge in [-0.2, -0.15) is 0 Å². The van der Waals surface area contributed by atoms with Crippen molar-refractivity contribution in [2.75, 3.05) is 19.6 Å². The minimum Gasteiger partial charge on any atom is -0.313 e. The molecule has 3 N–H and O–H groups in total. The number of benzene rings is 1. The predicted octanol–water partition coefficient (Wildman–Crippen LogP) is 0.450. The van der Waals surface area contributed by atoms with Crippen LogP contribution in [0.2, 0.25) is 0 Å². The van der Waals surface area contributed by atoms with Crippen molar-refractivity contribution in [2.24, 2.45) is 5.84 Å². The standard InChI is InChI=1S/C12H15N5/c13-17-6-5-14-8-12(17)11-7-15-9-3-1-2-4-10(9)16-11/h1-4,7,12,14H,5-6,8,13H2. The molecule has 1 fully saturated rings. The summed E-state index contributed by atoms with van der Waals surface area (Å²) in [6, 6.07) is 7.99. The number of rotatable bonds is 1. The number of nitrogens with two attached hydrogens (primary N) is 1. The molecular weight excluding hydrogens is 214 g/mol. The van der Waals surface area contributed by atoms with Gasteiger partial charge in [0.05, 0.1) is 29.0 Å². The third kappa shape index (κ3) is 2.00. The fourth-order valence-electron chi connectivity index (χ4n) is 2.13. The van der Waals surface area contributed by atoms with Gasteiger partial charge in [-0.25, -0.2) is 9.99 Å². The number of hydrogen-bond donors (Lipinski definition) is 2. The lowest BCUT2D eigenvalue weighted by Gasteiger charge is -2.31. The Morgan fingerprint density at radius 1 is 1.29 bits per heavy atom. The SMILES string of the molecule is NN1CCNCC1c1cnc2ccccc2n1. The minimum atomic E-state index is 0.112. The van der Waals surface area contributed by atoms with Crippen LogP contribution in [0.1, 0.15) is 11.7 Å². The molecule has 1 atom stereocenters. The molecule has 1 aliphatic rings. The summed E-state index contributed by atoms with van der Waals surface area (Å²) in [6.45, 7) is 2.58. The molecule has 1 saturated heterocycles. The third-order valence-corrected chi connectivity index (χ3v) is 3.09. The number of piperazine rings is 1. The van der Waals surface area contributed by atoms with Gasteiger partial charge >= 0.3 is 0 Å². The number of para-hydroxylation sites is 2. The maximum Gasteiger partial charge on any atom is 0.0890 e. The normalized spacial score (nSPS) is 21.8. The van der Waals surface area contributed by atoms with E-state index in [1.54, 1.807) is 0 Å². The van der Waals surface area contributed by atoms with Gasteiger partial charge in [-0.05, 0) is 12.1 Å². The van der Waals surface area contributed by atoms with Crippen molar-refractivity contribution in [3.63, 3.8) is 0 Å². The van der Waals surface area contributed by atoms with Gasteiger partial charge in [0.25, 0.3) is 0 Å². The van der Waals surface area contributed by atoms with Crippen molar-refractivity contribution in [2.45, 2.75) is 6.04 Å². The van der Waals surface area contributed by atoms with E-state index < -0.39 is 0 Å². The van der Waals surface area contributed by atoms with E-state index in [2.05, 4.69) is 15.3 Å². The molecule has 2 heterocycles. The van der Waals surface area contributed by atoms with Crippen molar-refractivity contribution >= 4 is 11.0 Å². The minimum absolute atomic E-state index is 0.112. The summed E-state index contributed by atoms with van der Waals surface area (Å²) in [5.41, 5.74) is 2.77. The Balaban J connectivity index is 1.99. The quantitative estimate of drug-likeness (QED) is 0.695. The first-order valence-electron chi connectivity index (χ1n) is 5.78. The Bertz CT molecular complexity index is 527. The molecule has 1 aliphatic heterocycles. The highest BCUT2D eigenvalue weighted by Crippen LogP contribution is 2.18. The van der Waals surface area contributed by atoms with E-state index in [1.807, 2.05) is 35.5 Å². The monoisotopic (exact) mass is 229 g/mol. The highest BCUT2D eigenvalue weighted by atomic mass is 15.4. The van der Waals surface area contributed by atoms with Gasteiger partial charge in [0.1, 0.15) is 0 Å². The Labute approximate surface area is 99.6 Å². The molecule has 5 heteroatoms. The lowest BCUT2D eigenvalue weighted by molar-refractivity contribution is 0.162. The molecule has 1 unspecified atom stereocenters. The summed E-state index contributed by atoms with van der Waals surface area (Å²) in [6.07, 6.45) is 1.82. The number of aromatic nitrogens is 2. The maximum absolute atomic E-state index is 5.98. The van der Waals surface area contributed by atoms with Gasteiger partial charge in [0, 0.05) is 19.6 Å².